The molecule has 1 saturated heterocycles. The fourth-order valence-electron chi connectivity index (χ4n) is 3.24. The molecule has 0 aliphatic carbocycles. The lowest BCUT2D eigenvalue weighted by Gasteiger charge is -2.31. The van der Waals surface area contributed by atoms with Crippen LogP contribution in [0, 0.1) is 0 Å². The molecule has 6 nitrogen and oxygen atoms in total. The quantitative estimate of drug-likeness (QED) is 0.643. The van der Waals surface area contributed by atoms with E-state index in [4.69, 9.17) is 16.3 Å². The maximum atomic E-state index is 12.7. The second kappa shape index (κ2) is 10.1. The summed E-state index contributed by atoms with van der Waals surface area (Å²) in [5.41, 5.74) is 0. The molecule has 156 valence electrons. The van der Waals surface area contributed by atoms with Gasteiger partial charge >= 0.3 is 0 Å². The number of para-hydroxylation sites is 1. The van der Waals surface area contributed by atoms with Gasteiger partial charge in [0.25, 0.3) is 0 Å². The van der Waals surface area contributed by atoms with Crippen molar-refractivity contribution in [3.05, 3.63) is 59.6 Å². The van der Waals surface area contributed by atoms with Crippen LogP contribution in [0.25, 0.3) is 0 Å². The lowest BCUT2D eigenvalue weighted by molar-refractivity contribution is -0.122. The zero-order chi connectivity index (χ0) is 20.7. The van der Waals surface area contributed by atoms with Gasteiger partial charge in [-0.3, -0.25) is 4.79 Å². The highest BCUT2D eigenvalue weighted by atomic mass is 35.5. The van der Waals surface area contributed by atoms with Crippen LogP contribution in [0.4, 0.5) is 0 Å². The summed E-state index contributed by atoms with van der Waals surface area (Å²) < 4.78 is 32.5. The Morgan fingerprint density at radius 1 is 1.07 bits per heavy atom. The predicted octanol–water partition coefficient (Wildman–Crippen LogP) is 3.47. The van der Waals surface area contributed by atoms with E-state index in [9.17, 15) is 13.2 Å². The van der Waals surface area contributed by atoms with E-state index in [1.54, 1.807) is 12.1 Å². The number of benzene rings is 2. The number of nitrogens with one attached hydrogen (secondary N) is 1. The maximum absolute atomic E-state index is 12.7. The zero-order valence-electron chi connectivity index (χ0n) is 16.1. The van der Waals surface area contributed by atoms with Crippen molar-refractivity contribution in [3.8, 4) is 5.75 Å². The Bertz CT molecular complexity index is 896. The molecule has 0 atom stereocenters. The second-order valence-electron chi connectivity index (χ2n) is 6.96. The number of rotatable bonds is 8. The van der Waals surface area contributed by atoms with Crippen molar-refractivity contribution >= 4 is 27.5 Å². The Labute approximate surface area is 176 Å². The Balaban J connectivity index is 1.39. The summed E-state index contributed by atoms with van der Waals surface area (Å²) in [6.45, 7) is 1.25. The van der Waals surface area contributed by atoms with Crippen molar-refractivity contribution in [2.45, 2.75) is 36.6 Å². The normalized spacial score (nSPS) is 15.8. The first-order valence-electron chi connectivity index (χ1n) is 9.68. The Morgan fingerprint density at radius 3 is 2.38 bits per heavy atom. The lowest BCUT2D eigenvalue weighted by atomic mass is 10.1. The molecule has 2 aromatic rings. The molecule has 0 bridgehead atoms. The van der Waals surface area contributed by atoms with Crippen molar-refractivity contribution in [3.63, 3.8) is 0 Å². The van der Waals surface area contributed by atoms with Crippen LogP contribution in [0.3, 0.4) is 0 Å². The third-order valence-corrected chi connectivity index (χ3v) is 7.00. The number of hydrogen-bond acceptors (Lipinski definition) is 4. The molecule has 2 aromatic carbocycles. The first-order chi connectivity index (χ1) is 13.9. The molecule has 0 aromatic heterocycles. The monoisotopic (exact) mass is 436 g/mol. The molecule has 1 heterocycles. The Morgan fingerprint density at radius 2 is 1.72 bits per heavy atom. The van der Waals surface area contributed by atoms with E-state index in [1.165, 1.54) is 16.4 Å². The minimum absolute atomic E-state index is 0.00536. The molecular weight excluding hydrogens is 412 g/mol. The van der Waals surface area contributed by atoms with Gasteiger partial charge in [-0.25, -0.2) is 8.42 Å². The van der Waals surface area contributed by atoms with Crippen molar-refractivity contribution in [2.75, 3.05) is 19.7 Å². The molecule has 0 radical (unpaired) electrons. The Kier molecular flexibility index (Phi) is 7.52. The van der Waals surface area contributed by atoms with Gasteiger partial charge < -0.3 is 10.1 Å². The molecule has 0 saturated carbocycles. The van der Waals surface area contributed by atoms with Gasteiger partial charge in [0, 0.05) is 30.6 Å². The third-order valence-electron chi connectivity index (χ3n) is 4.83. The van der Waals surface area contributed by atoms with Crippen LogP contribution in [-0.4, -0.2) is 44.4 Å². The second-order valence-corrected chi connectivity index (χ2v) is 9.34. The molecule has 1 amide bonds. The first kappa shape index (κ1) is 21.6. The number of ether oxygens (including phenoxy) is 1. The van der Waals surface area contributed by atoms with Crippen molar-refractivity contribution in [2.24, 2.45) is 0 Å². The van der Waals surface area contributed by atoms with E-state index >= 15 is 0 Å². The van der Waals surface area contributed by atoms with Crippen LogP contribution in [0.5, 0.6) is 5.75 Å². The number of nitrogens with zero attached hydrogens (tertiary/aromatic N) is 1. The van der Waals surface area contributed by atoms with E-state index in [0.717, 1.165) is 5.75 Å². The number of hydrogen-bond donors (Lipinski definition) is 1. The zero-order valence-corrected chi connectivity index (χ0v) is 17.7. The van der Waals surface area contributed by atoms with Gasteiger partial charge in [-0.05, 0) is 55.7 Å². The van der Waals surface area contributed by atoms with Crippen LogP contribution in [0.15, 0.2) is 59.5 Å². The van der Waals surface area contributed by atoms with E-state index in [2.05, 4.69) is 5.32 Å². The summed E-state index contributed by atoms with van der Waals surface area (Å²) in [4.78, 5) is 12.4. The first-order valence-corrected chi connectivity index (χ1v) is 11.5. The third kappa shape index (κ3) is 6.19. The minimum Gasteiger partial charge on any atom is -0.494 e. The Hall–Kier alpha value is -2.09. The number of sulfonamides is 1. The number of amides is 1. The van der Waals surface area contributed by atoms with Gasteiger partial charge in [-0.2, -0.15) is 4.31 Å². The number of carbonyl (C=O) groups excluding carboxylic acids is 1. The average molecular weight is 437 g/mol. The number of piperidine rings is 1. The van der Waals surface area contributed by atoms with E-state index < -0.39 is 10.0 Å². The summed E-state index contributed by atoms with van der Waals surface area (Å²) in [5, 5.41) is 3.50. The van der Waals surface area contributed by atoms with Gasteiger partial charge in [-0.1, -0.05) is 29.8 Å². The van der Waals surface area contributed by atoms with E-state index in [0.29, 0.717) is 50.4 Å². The topological polar surface area (TPSA) is 75.7 Å². The van der Waals surface area contributed by atoms with Crippen LogP contribution in [-0.2, 0) is 14.8 Å². The van der Waals surface area contributed by atoms with Crippen LogP contribution in [0.1, 0.15) is 25.7 Å². The summed E-state index contributed by atoms with van der Waals surface area (Å²) in [5.74, 6) is 0.767. The van der Waals surface area contributed by atoms with E-state index in [1.807, 2.05) is 30.3 Å². The molecule has 1 aliphatic rings. The highest BCUT2D eigenvalue weighted by Gasteiger charge is 2.29. The van der Waals surface area contributed by atoms with Crippen molar-refractivity contribution in [1.82, 2.24) is 9.62 Å². The highest BCUT2D eigenvalue weighted by molar-refractivity contribution is 7.89. The fourth-order valence-corrected chi connectivity index (χ4v) is 4.83. The molecule has 1 N–H and O–H groups in total. The summed E-state index contributed by atoms with van der Waals surface area (Å²) >= 11 is 5.84. The highest BCUT2D eigenvalue weighted by Crippen LogP contribution is 2.22. The molecule has 0 spiro atoms. The SMILES string of the molecule is O=C(CCCOc1ccccc1)NC1CCN(S(=O)(=O)c2ccc(Cl)cc2)CC1. The number of halogens is 1. The lowest BCUT2D eigenvalue weighted by Crippen LogP contribution is -2.46. The standard InChI is InChI=1S/C21H25ClN2O4S/c22-17-8-10-20(11-9-17)29(26,27)24-14-12-18(13-15-24)23-21(25)7-4-16-28-19-5-2-1-3-6-19/h1-3,5-6,8-11,18H,4,7,12-16H2,(H,23,25). The van der Waals surface area contributed by atoms with Crippen LogP contribution in [0.2, 0.25) is 5.02 Å². The smallest absolute Gasteiger partial charge is 0.243 e. The van der Waals surface area contributed by atoms with Gasteiger partial charge in [0.15, 0.2) is 0 Å². The molecular formula is C21H25ClN2O4S. The van der Waals surface area contributed by atoms with Gasteiger partial charge in [0.1, 0.15) is 5.75 Å². The molecule has 1 fully saturated rings. The average Bonchev–Trinajstić information content (AvgIpc) is 2.73. The summed E-state index contributed by atoms with van der Waals surface area (Å²) in [6.07, 6.45) is 2.21. The van der Waals surface area contributed by atoms with Gasteiger partial charge in [0.05, 0.1) is 11.5 Å². The molecule has 3 rings (SSSR count). The number of carbonyl (C=O) groups is 1. The predicted molar refractivity (Wildman–Crippen MR) is 113 cm³/mol. The minimum atomic E-state index is -3.53. The summed E-state index contributed by atoms with van der Waals surface area (Å²) in [7, 11) is -3.53. The van der Waals surface area contributed by atoms with E-state index in [-0.39, 0.29) is 16.8 Å². The van der Waals surface area contributed by atoms with Crippen molar-refractivity contribution < 1.29 is 17.9 Å². The van der Waals surface area contributed by atoms with Crippen molar-refractivity contribution in [1.29, 1.82) is 0 Å². The molecule has 0 unspecified atom stereocenters. The molecule has 29 heavy (non-hydrogen) atoms. The summed E-state index contributed by atoms with van der Waals surface area (Å²) in [6, 6.07) is 15.7. The van der Waals surface area contributed by atoms with Crippen LogP contribution >= 0.6 is 11.6 Å². The fraction of sp³-hybridized carbons (Fsp3) is 0.381. The van der Waals surface area contributed by atoms with Gasteiger partial charge in [0.2, 0.25) is 15.9 Å². The molecule has 1 aliphatic heterocycles. The maximum Gasteiger partial charge on any atom is 0.243 e. The van der Waals surface area contributed by atoms with Gasteiger partial charge in [-0.15, -0.1) is 0 Å². The van der Waals surface area contributed by atoms with Crippen LogP contribution < -0.4 is 10.1 Å². The molecule has 8 heteroatoms. The largest absolute Gasteiger partial charge is 0.494 e.